The highest BCUT2D eigenvalue weighted by Crippen LogP contribution is 2.11. The van der Waals surface area contributed by atoms with Gasteiger partial charge >= 0.3 is 0 Å². The van der Waals surface area contributed by atoms with Gasteiger partial charge in [0.2, 0.25) is 4.77 Å². The number of aromatic amines is 1. The molecule has 0 aromatic carbocycles. The molecule has 1 N–H and O–H groups in total. The summed E-state index contributed by atoms with van der Waals surface area (Å²) >= 11 is 22.4. The predicted octanol–water partition coefficient (Wildman–Crippen LogP) is 2.57. The zero-order valence-electron chi connectivity index (χ0n) is 10.5. The molecular weight excluding hydrogens is 334 g/mol. The lowest BCUT2D eigenvalue weighted by Gasteiger charge is -2.13. The van der Waals surface area contributed by atoms with Crippen molar-refractivity contribution in [2.24, 2.45) is 11.8 Å². The third-order valence-electron chi connectivity index (χ3n) is 2.75. The van der Waals surface area contributed by atoms with Crippen molar-refractivity contribution in [2.75, 3.05) is 23.0 Å². The second kappa shape index (κ2) is 9.55. The van der Waals surface area contributed by atoms with Crippen molar-refractivity contribution in [1.29, 1.82) is 0 Å². The number of hydrogen-bond donors (Lipinski definition) is 5. The average Bonchev–Trinajstić information content (AvgIpc) is 2.41. The lowest BCUT2D eigenvalue weighted by atomic mass is 10.1. The summed E-state index contributed by atoms with van der Waals surface area (Å²) in [6.45, 7) is 0. The normalized spacial score (nSPS) is 11.5. The summed E-state index contributed by atoms with van der Waals surface area (Å²) in [4.78, 5) is 11.8. The second-order valence-corrected chi connectivity index (χ2v) is 6.22. The summed E-state index contributed by atoms with van der Waals surface area (Å²) in [5.74, 6) is 5.59. The van der Waals surface area contributed by atoms with Crippen LogP contribution in [0.1, 0.15) is 11.6 Å². The summed E-state index contributed by atoms with van der Waals surface area (Å²) in [6, 6.07) is 0. The number of H-pyrrole nitrogens is 1. The highest BCUT2D eigenvalue weighted by Gasteiger charge is 2.11. The smallest absolute Gasteiger partial charge is 0.222 e. The van der Waals surface area contributed by atoms with E-state index in [9.17, 15) is 0 Å². The van der Waals surface area contributed by atoms with Crippen LogP contribution >= 0.6 is 62.7 Å². The Bertz CT molecular complexity index is 393. The zero-order valence-corrected chi connectivity index (χ0v) is 14.9. The number of rotatable bonds is 8. The fraction of sp³-hybridized carbons (Fsp3) is 0.727. The minimum atomic E-state index is 0.380. The van der Waals surface area contributed by atoms with Crippen LogP contribution in [0.4, 0.5) is 0 Å². The maximum Gasteiger partial charge on any atom is 0.222 e. The van der Waals surface area contributed by atoms with Crippen molar-refractivity contribution >= 4 is 62.7 Å². The van der Waals surface area contributed by atoms with Gasteiger partial charge in [-0.2, -0.15) is 50.5 Å². The van der Waals surface area contributed by atoms with Crippen LogP contribution in [-0.2, 0) is 12.8 Å². The van der Waals surface area contributed by atoms with Crippen LogP contribution in [0.25, 0.3) is 0 Å². The molecule has 0 aliphatic carbocycles. The maximum atomic E-state index is 5.12. The molecule has 1 rings (SSSR count). The summed E-state index contributed by atoms with van der Waals surface area (Å²) < 4.78 is 0.387. The number of nitrogens with zero attached hydrogens (tertiary/aromatic N) is 2. The Morgan fingerprint density at radius 1 is 0.842 bits per heavy atom. The first-order chi connectivity index (χ1) is 9.12. The summed E-state index contributed by atoms with van der Waals surface area (Å²) in [6.07, 6.45) is 1.58. The third kappa shape index (κ3) is 6.29. The van der Waals surface area contributed by atoms with Crippen molar-refractivity contribution in [3.63, 3.8) is 0 Å². The van der Waals surface area contributed by atoms with Gasteiger partial charge in [-0.05, 0) is 47.1 Å². The Hall–Kier alpha value is 0.630. The predicted molar refractivity (Wildman–Crippen MR) is 97.0 cm³/mol. The molecule has 1 aromatic rings. The van der Waals surface area contributed by atoms with Gasteiger partial charge in [0.15, 0.2) is 0 Å². The lowest BCUT2D eigenvalue weighted by Crippen LogP contribution is -2.15. The van der Waals surface area contributed by atoms with Gasteiger partial charge in [-0.25, -0.2) is 9.97 Å². The van der Waals surface area contributed by atoms with Crippen LogP contribution in [0.3, 0.4) is 0 Å². The van der Waals surface area contributed by atoms with Crippen molar-refractivity contribution in [1.82, 2.24) is 15.0 Å². The van der Waals surface area contributed by atoms with E-state index in [2.05, 4.69) is 65.5 Å². The first-order valence-corrected chi connectivity index (χ1v) is 8.96. The molecule has 19 heavy (non-hydrogen) atoms. The zero-order chi connectivity index (χ0) is 14.3. The Balaban J connectivity index is 2.84. The maximum absolute atomic E-state index is 5.12. The average molecular weight is 354 g/mol. The Labute approximate surface area is 141 Å². The molecule has 0 saturated carbocycles. The molecule has 0 amide bonds. The van der Waals surface area contributed by atoms with E-state index in [0.717, 1.165) is 47.5 Å². The van der Waals surface area contributed by atoms with Crippen molar-refractivity contribution in [2.45, 2.75) is 12.8 Å². The van der Waals surface area contributed by atoms with Crippen molar-refractivity contribution in [3.8, 4) is 0 Å². The van der Waals surface area contributed by atoms with Gasteiger partial charge in [0, 0.05) is 12.8 Å². The topological polar surface area (TPSA) is 41.6 Å². The van der Waals surface area contributed by atoms with Crippen LogP contribution in [0.2, 0.25) is 0 Å². The fourth-order valence-electron chi connectivity index (χ4n) is 1.59. The van der Waals surface area contributed by atoms with Gasteiger partial charge < -0.3 is 4.98 Å². The molecule has 0 fully saturated rings. The lowest BCUT2D eigenvalue weighted by molar-refractivity contribution is 0.604. The molecule has 108 valence electrons. The van der Waals surface area contributed by atoms with Crippen molar-refractivity contribution in [3.05, 3.63) is 16.4 Å². The van der Waals surface area contributed by atoms with E-state index in [1.165, 1.54) is 0 Å². The van der Waals surface area contributed by atoms with Crippen LogP contribution in [0.5, 0.6) is 0 Å². The highest BCUT2D eigenvalue weighted by atomic mass is 32.1. The van der Waals surface area contributed by atoms with E-state index >= 15 is 0 Å². The minimum absolute atomic E-state index is 0.380. The van der Waals surface area contributed by atoms with Gasteiger partial charge in [0.1, 0.15) is 11.6 Å². The van der Waals surface area contributed by atoms with Crippen molar-refractivity contribution < 1.29 is 0 Å². The summed E-state index contributed by atoms with van der Waals surface area (Å²) in [7, 11) is 0. The molecule has 0 aliphatic heterocycles. The standard InChI is InChI=1S/C11H19N3S5/c15-3-7(4-16)1-9-12-10(14-11(19)13-9)2-8(5-17)6-18/h7-8,15-18H,1-6H2,(H,12,13,14,19). The van der Waals surface area contributed by atoms with Gasteiger partial charge in [0.05, 0.1) is 0 Å². The van der Waals surface area contributed by atoms with E-state index in [1.807, 2.05) is 0 Å². The van der Waals surface area contributed by atoms with E-state index < -0.39 is 0 Å². The number of aromatic nitrogens is 3. The molecule has 1 aromatic heterocycles. The monoisotopic (exact) mass is 353 g/mol. The van der Waals surface area contributed by atoms with Gasteiger partial charge in [0.25, 0.3) is 0 Å². The number of hydrogen-bond acceptors (Lipinski definition) is 7. The Morgan fingerprint density at radius 2 is 1.21 bits per heavy atom. The molecule has 8 heteroatoms. The van der Waals surface area contributed by atoms with Crippen LogP contribution in [-0.4, -0.2) is 38.0 Å². The molecule has 0 bridgehead atoms. The van der Waals surface area contributed by atoms with Gasteiger partial charge in [-0.15, -0.1) is 0 Å². The van der Waals surface area contributed by atoms with E-state index in [1.54, 1.807) is 0 Å². The molecule has 1 heterocycles. The van der Waals surface area contributed by atoms with Crippen LogP contribution < -0.4 is 0 Å². The molecule has 0 saturated heterocycles. The van der Waals surface area contributed by atoms with E-state index in [4.69, 9.17) is 12.2 Å². The third-order valence-corrected chi connectivity index (χ3v) is 4.99. The molecule has 0 unspecified atom stereocenters. The first-order valence-electron chi connectivity index (χ1n) is 6.02. The van der Waals surface area contributed by atoms with E-state index in [0.29, 0.717) is 16.6 Å². The molecule has 0 radical (unpaired) electrons. The van der Waals surface area contributed by atoms with Crippen LogP contribution in [0.15, 0.2) is 0 Å². The number of thiol groups is 4. The van der Waals surface area contributed by atoms with Crippen LogP contribution in [0, 0.1) is 16.6 Å². The summed E-state index contributed by atoms with van der Waals surface area (Å²) in [5, 5.41) is 0. The molecule has 0 spiro atoms. The molecule has 0 atom stereocenters. The summed E-state index contributed by atoms with van der Waals surface area (Å²) in [5.41, 5.74) is 0. The Kier molecular flexibility index (Phi) is 8.88. The molecule has 0 aliphatic rings. The SMILES string of the molecule is S=c1nc(CC(CS)CS)[nH]c(CC(CS)CS)n1. The fourth-order valence-corrected chi connectivity index (χ4v) is 3.25. The Morgan fingerprint density at radius 3 is 1.53 bits per heavy atom. The van der Waals surface area contributed by atoms with E-state index in [-0.39, 0.29) is 0 Å². The quantitative estimate of drug-likeness (QED) is 0.369. The number of nitrogens with one attached hydrogen (secondary N) is 1. The minimum Gasteiger partial charge on any atom is -0.332 e. The highest BCUT2D eigenvalue weighted by molar-refractivity contribution is 7.81. The molecular formula is C11H19N3S5. The van der Waals surface area contributed by atoms with Gasteiger partial charge in [-0.1, -0.05) is 0 Å². The molecule has 3 nitrogen and oxygen atoms in total. The largest absolute Gasteiger partial charge is 0.332 e. The van der Waals surface area contributed by atoms with Gasteiger partial charge in [-0.3, -0.25) is 0 Å². The first kappa shape index (κ1) is 17.7. The second-order valence-electron chi connectivity index (χ2n) is 4.40.